The average molecular weight is 387 g/mol. The second-order valence-electron chi connectivity index (χ2n) is 5.31. The molecular weight excluding hydrogens is 374 g/mol. The fourth-order valence-corrected chi connectivity index (χ4v) is 5.16. The second kappa shape index (κ2) is 5.83. The molecule has 0 radical (unpaired) electrons. The third kappa shape index (κ3) is 3.91. The highest BCUT2D eigenvalue weighted by molar-refractivity contribution is 7.94. The molecule has 0 bridgehead atoms. The topological polar surface area (TPSA) is 122 Å². The molecule has 11 heteroatoms. The number of sulfonamides is 1. The van der Waals surface area contributed by atoms with E-state index in [0.717, 1.165) is 23.0 Å². The van der Waals surface area contributed by atoms with Crippen molar-refractivity contribution in [2.45, 2.75) is 6.04 Å². The highest BCUT2D eigenvalue weighted by Crippen LogP contribution is 2.27. The number of benzene rings is 1. The number of carbonyl (C=O) groups excluding carboxylic acids is 1. The van der Waals surface area contributed by atoms with Crippen molar-refractivity contribution in [3.05, 3.63) is 35.2 Å². The molecule has 2 N–H and O–H groups in total. The van der Waals surface area contributed by atoms with Gasteiger partial charge in [-0.2, -0.15) is 0 Å². The number of amides is 1. The smallest absolute Gasteiger partial charge is 0.251 e. The Labute approximate surface area is 142 Å². The lowest BCUT2D eigenvalue weighted by molar-refractivity contribution is 0.0948. The molecule has 128 valence electrons. The first-order chi connectivity index (χ1) is 11.1. The molecule has 0 spiro atoms. The lowest BCUT2D eigenvalue weighted by atomic mass is 10.2. The maximum Gasteiger partial charge on any atom is 0.251 e. The van der Waals surface area contributed by atoms with Gasteiger partial charge in [-0.25, -0.2) is 21.8 Å². The number of thiazole rings is 1. The molecule has 24 heavy (non-hydrogen) atoms. The summed E-state index contributed by atoms with van der Waals surface area (Å²) in [5.74, 6) is -0.557. The number of sulfone groups is 1. The highest BCUT2D eigenvalue weighted by Gasteiger charge is 2.23. The van der Waals surface area contributed by atoms with Gasteiger partial charge >= 0.3 is 0 Å². The normalized spacial score (nSPS) is 19.5. The van der Waals surface area contributed by atoms with Crippen LogP contribution in [0.3, 0.4) is 0 Å². The highest BCUT2D eigenvalue weighted by atomic mass is 32.2. The van der Waals surface area contributed by atoms with Crippen LogP contribution >= 0.6 is 11.3 Å². The summed E-state index contributed by atoms with van der Waals surface area (Å²) >= 11 is 1.11. The minimum absolute atomic E-state index is 0.149. The predicted octanol–water partition coefficient (Wildman–Crippen LogP) is 0.708. The van der Waals surface area contributed by atoms with Crippen LogP contribution in [0.4, 0.5) is 5.13 Å². The zero-order valence-electron chi connectivity index (χ0n) is 12.4. The van der Waals surface area contributed by atoms with Crippen molar-refractivity contribution in [3.63, 3.8) is 0 Å². The van der Waals surface area contributed by atoms with E-state index in [1.165, 1.54) is 6.08 Å². The molecule has 2 heterocycles. The standard InChI is InChI=1S/C13H13N3O5S3/c1-23(18,19)16-13-15-10-3-2-8(6-11(10)22-13)12(17)14-9-4-5-24(20,21)7-9/h2-6,9H,7H2,1H3,(H,14,17)(H,15,16). The maximum atomic E-state index is 12.2. The van der Waals surface area contributed by atoms with Gasteiger partial charge in [0, 0.05) is 11.0 Å². The fraction of sp³-hybridized carbons (Fsp3) is 0.231. The Kier molecular flexibility index (Phi) is 4.10. The number of aromatic nitrogens is 1. The van der Waals surface area contributed by atoms with Gasteiger partial charge in [0.15, 0.2) is 15.0 Å². The van der Waals surface area contributed by atoms with E-state index in [-0.39, 0.29) is 10.9 Å². The van der Waals surface area contributed by atoms with E-state index in [1.54, 1.807) is 18.2 Å². The van der Waals surface area contributed by atoms with E-state index in [9.17, 15) is 21.6 Å². The molecule has 0 aliphatic carbocycles. The van der Waals surface area contributed by atoms with Crippen molar-refractivity contribution in [2.75, 3.05) is 16.7 Å². The molecule has 1 amide bonds. The summed E-state index contributed by atoms with van der Waals surface area (Å²) in [6, 6.07) is 4.19. The number of anilines is 1. The van der Waals surface area contributed by atoms with E-state index in [2.05, 4.69) is 15.0 Å². The number of nitrogens with one attached hydrogen (secondary N) is 2. The van der Waals surface area contributed by atoms with Gasteiger partial charge in [-0.05, 0) is 24.3 Å². The van der Waals surface area contributed by atoms with Crippen molar-refractivity contribution in [2.24, 2.45) is 0 Å². The number of rotatable bonds is 4. The van der Waals surface area contributed by atoms with Crippen LogP contribution in [-0.4, -0.2) is 45.8 Å². The molecule has 8 nitrogen and oxygen atoms in total. The van der Waals surface area contributed by atoms with Crippen molar-refractivity contribution in [1.82, 2.24) is 10.3 Å². The van der Waals surface area contributed by atoms with E-state index in [0.29, 0.717) is 15.8 Å². The Bertz CT molecular complexity index is 1050. The molecule has 1 unspecified atom stereocenters. The van der Waals surface area contributed by atoms with Gasteiger partial charge in [0.05, 0.1) is 28.3 Å². The minimum atomic E-state index is -3.42. The zero-order chi connectivity index (χ0) is 17.5. The lowest BCUT2D eigenvalue weighted by Crippen LogP contribution is -2.35. The summed E-state index contributed by atoms with van der Waals surface area (Å²) in [4.78, 5) is 16.4. The van der Waals surface area contributed by atoms with Gasteiger partial charge in [-0.1, -0.05) is 11.3 Å². The van der Waals surface area contributed by atoms with Gasteiger partial charge < -0.3 is 5.32 Å². The third-order valence-corrected chi connectivity index (χ3v) is 6.19. The number of nitrogens with zero attached hydrogens (tertiary/aromatic N) is 1. The number of carbonyl (C=O) groups is 1. The molecule has 1 aliphatic rings. The van der Waals surface area contributed by atoms with Crippen LogP contribution in [0, 0.1) is 0 Å². The lowest BCUT2D eigenvalue weighted by Gasteiger charge is -2.09. The number of fused-ring (bicyclic) bond motifs is 1. The van der Waals surface area contributed by atoms with Gasteiger partial charge in [0.2, 0.25) is 10.0 Å². The molecular formula is C13H13N3O5S3. The summed E-state index contributed by atoms with van der Waals surface area (Å²) in [6.45, 7) is 0. The van der Waals surface area contributed by atoms with Gasteiger partial charge in [0.1, 0.15) is 0 Å². The van der Waals surface area contributed by atoms with E-state index >= 15 is 0 Å². The third-order valence-electron chi connectivity index (χ3n) is 3.17. The van der Waals surface area contributed by atoms with Gasteiger partial charge in [-0.15, -0.1) is 0 Å². The Hall–Kier alpha value is -1.98. The first-order valence-corrected chi connectivity index (χ1v) is 11.1. The summed E-state index contributed by atoms with van der Waals surface area (Å²) in [6.07, 6.45) is 2.47. The van der Waals surface area contributed by atoms with Crippen molar-refractivity contribution < 1.29 is 21.6 Å². The van der Waals surface area contributed by atoms with Crippen LogP contribution in [-0.2, 0) is 19.9 Å². The summed E-state index contributed by atoms with van der Waals surface area (Å²) in [5, 5.41) is 3.94. The fourth-order valence-electron chi connectivity index (χ4n) is 2.19. The zero-order valence-corrected chi connectivity index (χ0v) is 14.8. The molecule has 1 atom stereocenters. The van der Waals surface area contributed by atoms with Crippen LogP contribution in [0.1, 0.15) is 10.4 Å². The number of hydrogen-bond acceptors (Lipinski definition) is 7. The Balaban J connectivity index is 1.80. The average Bonchev–Trinajstić information content (AvgIpc) is 2.98. The summed E-state index contributed by atoms with van der Waals surface area (Å²) in [5.41, 5.74) is 0.904. The van der Waals surface area contributed by atoms with Crippen molar-refractivity contribution >= 4 is 52.5 Å². The molecule has 1 aliphatic heterocycles. The quantitative estimate of drug-likeness (QED) is 0.797. The molecule has 1 aromatic carbocycles. The monoisotopic (exact) mass is 387 g/mol. The van der Waals surface area contributed by atoms with Crippen LogP contribution in [0.5, 0.6) is 0 Å². The first kappa shape index (κ1) is 16.9. The molecule has 3 rings (SSSR count). The summed E-state index contributed by atoms with van der Waals surface area (Å²) < 4.78 is 48.1. The van der Waals surface area contributed by atoms with Crippen LogP contribution in [0.25, 0.3) is 10.2 Å². The molecule has 0 fully saturated rings. The van der Waals surface area contributed by atoms with Crippen LogP contribution in [0.2, 0.25) is 0 Å². The number of hydrogen-bond donors (Lipinski definition) is 2. The van der Waals surface area contributed by atoms with Gasteiger partial charge in [-0.3, -0.25) is 9.52 Å². The molecule has 2 aromatic rings. The first-order valence-electron chi connectivity index (χ1n) is 6.71. The van der Waals surface area contributed by atoms with E-state index < -0.39 is 31.8 Å². The van der Waals surface area contributed by atoms with E-state index in [4.69, 9.17) is 0 Å². The Morgan fingerprint density at radius 2 is 2.12 bits per heavy atom. The minimum Gasteiger partial charge on any atom is -0.345 e. The molecule has 1 aromatic heterocycles. The summed E-state index contributed by atoms with van der Waals surface area (Å²) in [7, 11) is -6.66. The van der Waals surface area contributed by atoms with Gasteiger partial charge in [0.25, 0.3) is 5.91 Å². The largest absolute Gasteiger partial charge is 0.345 e. The second-order valence-corrected chi connectivity index (χ2v) is 10.0. The predicted molar refractivity (Wildman–Crippen MR) is 92.3 cm³/mol. The Morgan fingerprint density at radius 3 is 2.75 bits per heavy atom. The molecule has 0 saturated heterocycles. The van der Waals surface area contributed by atoms with Crippen molar-refractivity contribution in [1.29, 1.82) is 0 Å². The molecule has 0 saturated carbocycles. The van der Waals surface area contributed by atoms with Crippen molar-refractivity contribution in [3.8, 4) is 0 Å². The van der Waals surface area contributed by atoms with Crippen LogP contribution < -0.4 is 10.0 Å². The van der Waals surface area contributed by atoms with Crippen LogP contribution in [0.15, 0.2) is 29.7 Å². The SMILES string of the molecule is CS(=O)(=O)Nc1nc2ccc(C(=O)NC3C=CS(=O)(=O)C3)cc2s1. The maximum absolute atomic E-state index is 12.2. The van der Waals surface area contributed by atoms with E-state index in [1.807, 2.05) is 0 Å². The Morgan fingerprint density at radius 1 is 1.38 bits per heavy atom.